The molecule has 0 aromatic heterocycles. The highest BCUT2D eigenvalue weighted by atomic mass is 16.5. The van der Waals surface area contributed by atoms with Crippen LogP contribution < -0.4 is 5.32 Å². The summed E-state index contributed by atoms with van der Waals surface area (Å²) in [6.45, 7) is 8.85. The monoisotopic (exact) mass is 453 g/mol. The molecule has 2 bridgehead atoms. The average Bonchev–Trinajstić information content (AvgIpc) is 3.31. The Morgan fingerprint density at radius 3 is 2.32 bits per heavy atom. The van der Waals surface area contributed by atoms with Crippen LogP contribution in [0.2, 0.25) is 0 Å². The number of Topliss-reactive ketones (excluding diaryl/α,β-unsaturated/α-hetero) is 1. The van der Waals surface area contributed by atoms with Crippen LogP contribution >= 0.6 is 0 Å². The summed E-state index contributed by atoms with van der Waals surface area (Å²) in [6, 6.07) is 17.5. The first-order valence-electron chi connectivity index (χ1n) is 12.4. The molecule has 4 atom stereocenters. The smallest absolute Gasteiger partial charge is 0.337 e. The van der Waals surface area contributed by atoms with E-state index in [0.717, 1.165) is 35.4 Å². The minimum Gasteiger partial charge on any atom is -0.458 e. The Hall–Kier alpha value is -3.14. The minimum atomic E-state index is -0.454. The van der Waals surface area contributed by atoms with E-state index in [-0.39, 0.29) is 28.7 Å². The summed E-state index contributed by atoms with van der Waals surface area (Å²) in [5.41, 5.74) is 5.43. The second kappa shape index (κ2) is 7.18. The summed E-state index contributed by atoms with van der Waals surface area (Å²) in [4.78, 5) is 27.5. The van der Waals surface area contributed by atoms with Gasteiger partial charge in [-0.2, -0.15) is 0 Å². The highest BCUT2D eigenvalue weighted by Gasteiger charge is 2.63. The number of allylic oxidation sites excluding steroid dienone is 2. The zero-order valence-electron chi connectivity index (χ0n) is 20.3. The van der Waals surface area contributed by atoms with E-state index in [1.807, 2.05) is 61.5 Å². The lowest BCUT2D eigenvalue weighted by Crippen LogP contribution is -2.39. The Kier molecular flexibility index (Phi) is 4.52. The third-order valence-corrected chi connectivity index (χ3v) is 9.56. The van der Waals surface area contributed by atoms with Crippen LogP contribution in [-0.2, 0) is 9.53 Å². The van der Waals surface area contributed by atoms with Crippen molar-refractivity contribution in [1.29, 1.82) is 0 Å². The van der Waals surface area contributed by atoms with Crippen molar-refractivity contribution < 1.29 is 14.3 Å². The van der Waals surface area contributed by atoms with Crippen LogP contribution in [0.4, 0.5) is 0 Å². The standard InChI is InChI=1S/C30H31NO3/c1-17-23(28(33)34-22-16-19-14-15-30(22,4)29(19,2)3)24(18-10-6-5-7-11-18)25-26(31-17)20-12-8-9-13-21(20)27(25)32/h5-13,19,22,24,31H,14-16H2,1-4H3/t19-,22+,24+,30-/m1/s1. The van der Waals surface area contributed by atoms with Gasteiger partial charge in [-0.05, 0) is 43.1 Å². The van der Waals surface area contributed by atoms with Crippen LogP contribution in [0.15, 0.2) is 71.4 Å². The van der Waals surface area contributed by atoms with Crippen LogP contribution in [-0.4, -0.2) is 17.9 Å². The highest BCUT2D eigenvalue weighted by Crippen LogP contribution is 2.66. The van der Waals surface area contributed by atoms with Gasteiger partial charge in [-0.15, -0.1) is 0 Å². The van der Waals surface area contributed by atoms with Crippen molar-refractivity contribution in [3.05, 3.63) is 88.1 Å². The second-order valence-electron chi connectivity index (χ2n) is 11.2. The maximum absolute atomic E-state index is 13.9. The van der Waals surface area contributed by atoms with Gasteiger partial charge in [0, 0.05) is 33.7 Å². The number of esters is 1. The van der Waals surface area contributed by atoms with Crippen molar-refractivity contribution >= 4 is 17.4 Å². The van der Waals surface area contributed by atoms with Crippen molar-refractivity contribution in [2.75, 3.05) is 0 Å². The van der Waals surface area contributed by atoms with Gasteiger partial charge in [0.05, 0.1) is 11.3 Å². The Labute approximate surface area is 201 Å². The predicted molar refractivity (Wildman–Crippen MR) is 132 cm³/mol. The number of ether oxygens (including phenoxy) is 1. The van der Waals surface area contributed by atoms with E-state index in [2.05, 4.69) is 26.1 Å². The fraction of sp³-hybridized carbons (Fsp3) is 0.400. The predicted octanol–water partition coefficient (Wildman–Crippen LogP) is 6.01. The fourth-order valence-electron chi connectivity index (χ4n) is 7.08. The summed E-state index contributed by atoms with van der Waals surface area (Å²) in [7, 11) is 0. The van der Waals surface area contributed by atoms with E-state index in [0.29, 0.717) is 22.6 Å². The largest absolute Gasteiger partial charge is 0.458 e. The van der Waals surface area contributed by atoms with Gasteiger partial charge < -0.3 is 10.1 Å². The average molecular weight is 454 g/mol. The molecule has 3 aliphatic carbocycles. The summed E-state index contributed by atoms with van der Waals surface area (Å²) in [5, 5.41) is 3.42. The van der Waals surface area contributed by atoms with Crippen molar-refractivity contribution in [2.24, 2.45) is 16.7 Å². The third kappa shape index (κ3) is 2.71. The summed E-state index contributed by atoms with van der Waals surface area (Å²) < 4.78 is 6.34. The molecule has 2 saturated carbocycles. The van der Waals surface area contributed by atoms with Crippen molar-refractivity contribution in [2.45, 2.75) is 59.0 Å². The molecule has 0 radical (unpaired) electrons. The molecule has 1 N–H and O–H groups in total. The molecular weight excluding hydrogens is 422 g/mol. The van der Waals surface area contributed by atoms with E-state index in [1.54, 1.807) is 0 Å². The number of rotatable bonds is 3. The first kappa shape index (κ1) is 21.4. The maximum atomic E-state index is 13.9. The zero-order chi connectivity index (χ0) is 23.8. The SMILES string of the molecule is CC1=C(C(=O)O[C@H]2C[C@H]3CC[C@@]2(C)C3(C)C)[C@H](c2ccccc2)C2=C(N1)c1ccccc1C2=O. The van der Waals surface area contributed by atoms with Gasteiger partial charge in [0.1, 0.15) is 6.10 Å². The van der Waals surface area contributed by atoms with Crippen LogP contribution in [0.3, 0.4) is 0 Å². The lowest BCUT2D eigenvalue weighted by atomic mass is 9.70. The van der Waals surface area contributed by atoms with Gasteiger partial charge in [0.15, 0.2) is 5.78 Å². The van der Waals surface area contributed by atoms with E-state index in [4.69, 9.17) is 4.74 Å². The molecule has 2 aromatic rings. The lowest BCUT2D eigenvalue weighted by Gasteiger charge is -2.39. The van der Waals surface area contributed by atoms with E-state index >= 15 is 0 Å². The molecule has 0 unspecified atom stereocenters. The Morgan fingerprint density at radius 1 is 1.00 bits per heavy atom. The van der Waals surface area contributed by atoms with Crippen molar-refractivity contribution in [3.8, 4) is 0 Å². The second-order valence-corrected chi connectivity index (χ2v) is 11.2. The van der Waals surface area contributed by atoms with Gasteiger partial charge in [-0.25, -0.2) is 4.79 Å². The summed E-state index contributed by atoms with van der Waals surface area (Å²) in [5.74, 6) is -0.189. The molecule has 0 amide bonds. The fourth-order valence-corrected chi connectivity index (χ4v) is 7.08. The number of benzene rings is 2. The third-order valence-electron chi connectivity index (χ3n) is 9.56. The topological polar surface area (TPSA) is 55.4 Å². The van der Waals surface area contributed by atoms with Crippen LogP contribution in [0.5, 0.6) is 0 Å². The van der Waals surface area contributed by atoms with Gasteiger partial charge >= 0.3 is 5.97 Å². The van der Waals surface area contributed by atoms with Crippen molar-refractivity contribution in [3.63, 3.8) is 0 Å². The van der Waals surface area contributed by atoms with Crippen LogP contribution in [0.25, 0.3) is 5.70 Å². The molecule has 174 valence electrons. The Bertz CT molecular complexity index is 1290. The zero-order valence-corrected chi connectivity index (χ0v) is 20.3. The normalized spacial score (nSPS) is 30.8. The Morgan fingerprint density at radius 2 is 1.68 bits per heavy atom. The summed E-state index contributed by atoms with van der Waals surface area (Å²) >= 11 is 0. The first-order chi connectivity index (χ1) is 16.2. The van der Waals surface area contributed by atoms with Crippen molar-refractivity contribution in [1.82, 2.24) is 5.32 Å². The number of fused-ring (bicyclic) bond motifs is 4. The number of carbonyl (C=O) groups is 2. The molecule has 2 aromatic carbocycles. The quantitative estimate of drug-likeness (QED) is 0.578. The minimum absolute atomic E-state index is 0.0160. The number of ketones is 1. The van der Waals surface area contributed by atoms with E-state index in [1.165, 1.54) is 6.42 Å². The lowest BCUT2D eigenvalue weighted by molar-refractivity contribution is -0.152. The molecule has 2 fully saturated rings. The Balaban J connectivity index is 1.41. The number of hydrogen-bond acceptors (Lipinski definition) is 4. The number of carbonyl (C=O) groups excluding carboxylic acids is 2. The molecule has 0 spiro atoms. The van der Waals surface area contributed by atoms with E-state index in [9.17, 15) is 9.59 Å². The van der Waals surface area contributed by atoms with Gasteiger partial charge in [0.2, 0.25) is 0 Å². The number of dihydropyridines is 1. The van der Waals surface area contributed by atoms with E-state index < -0.39 is 5.92 Å². The molecule has 4 heteroatoms. The molecule has 4 nitrogen and oxygen atoms in total. The molecule has 34 heavy (non-hydrogen) atoms. The first-order valence-corrected chi connectivity index (χ1v) is 12.4. The molecule has 1 heterocycles. The molecule has 0 saturated heterocycles. The highest BCUT2D eigenvalue weighted by molar-refractivity contribution is 6.23. The van der Waals surface area contributed by atoms with Gasteiger partial charge in [-0.1, -0.05) is 75.4 Å². The molecule has 4 aliphatic rings. The number of hydrogen-bond donors (Lipinski definition) is 1. The maximum Gasteiger partial charge on any atom is 0.337 e. The molecule has 1 aliphatic heterocycles. The van der Waals surface area contributed by atoms with Gasteiger partial charge in [0.25, 0.3) is 0 Å². The summed E-state index contributed by atoms with van der Waals surface area (Å²) in [6.07, 6.45) is 3.11. The van der Waals surface area contributed by atoms with Gasteiger partial charge in [-0.3, -0.25) is 4.79 Å². The number of nitrogens with one attached hydrogen (secondary N) is 1. The van der Waals surface area contributed by atoms with Crippen LogP contribution in [0.1, 0.15) is 74.4 Å². The molecule has 6 rings (SSSR count). The molecular formula is C30H31NO3. The van der Waals surface area contributed by atoms with Crippen LogP contribution in [0, 0.1) is 16.7 Å².